The fourth-order valence-electron chi connectivity index (χ4n) is 8.54. The Balaban J connectivity index is 0.999. The molecule has 0 aliphatic rings. The number of rotatable bonds is 32. The fraction of sp³-hybridized carbons (Fsp3) is 0.317. The highest BCUT2D eigenvalue weighted by Crippen LogP contribution is 2.36. The van der Waals surface area contributed by atoms with Gasteiger partial charge in [-0.3, -0.25) is 9.98 Å². The first-order valence-electron chi connectivity index (χ1n) is 26.4. The van der Waals surface area contributed by atoms with Gasteiger partial charge in [0.25, 0.3) is 0 Å². The maximum atomic E-state index is 11.2. The van der Waals surface area contributed by atoms with Gasteiger partial charge >= 0.3 is 5.97 Å². The lowest BCUT2D eigenvalue weighted by Gasteiger charge is -2.13. The van der Waals surface area contributed by atoms with Crippen molar-refractivity contribution in [2.75, 3.05) is 66.6 Å². The van der Waals surface area contributed by atoms with Crippen LogP contribution in [0.15, 0.2) is 150 Å². The first-order valence-corrected chi connectivity index (χ1v) is 26.4. The molecular formula is C63H68N4O9. The maximum absolute atomic E-state index is 11.2. The minimum atomic E-state index is -0.381. The van der Waals surface area contributed by atoms with Gasteiger partial charge in [0.15, 0.2) is 0 Å². The van der Waals surface area contributed by atoms with Gasteiger partial charge < -0.3 is 37.9 Å². The summed E-state index contributed by atoms with van der Waals surface area (Å²) in [6.45, 7) is 10.9. The van der Waals surface area contributed by atoms with E-state index in [1.807, 2.05) is 110 Å². The number of hydrogen-bond donors (Lipinski definition) is 0. The molecule has 1 heterocycles. The van der Waals surface area contributed by atoms with Crippen LogP contribution in [0.2, 0.25) is 0 Å². The molecular weight excluding hydrogens is 957 g/mol. The molecule has 0 unspecified atom stereocenters. The van der Waals surface area contributed by atoms with Crippen molar-refractivity contribution in [3.05, 3.63) is 157 Å². The molecule has 0 spiro atoms. The standard InChI is InChI=1S/C63H68N4O9/c1-4-61(68)75-34-13-9-8-12-33-73-52-26-22-49(23-27-52)64-43-46-17-28-55-56-29-18-47(44-65-50-20-24-51(25-21-50)72-32-11-7-6-10-31-69-3)40-58(56)63-62(57(55)39-46)66-59-30-19-48(41-60(59)67-63)45-76-54-16-14-15-53(42-54)74-38-37-71-36-35-70-5-2/h4,14-30,39-44H,1,5-13,31-38,45H2,2-3H3/b64-43+,65-44+. The van der Waals surface area contributed by atoms with Gasteiger partial charge in [0.2, 0.25) is 0 Å². The first-order chi connectivity index (χ1) is 37.5. The summed E-state index contributed by atoms with van der Waals surface area (Å²) in [5.74, 6) is 2.65. The van der Waals surface area contributed by atoms with Crippen molar-refractivity contribution in [1.82, 2.24) is 9.97 Å². The largest absolute Gasteiger partial charge is 0.494 e. The molecule has 0 aliphatic carbocycles. The van der Waals surface area contributed by atoms with Gasteiger partial charge in [-0.2, -0.15) is 0 Å². The Morgan fingerprint density at radius 3 is 1.63 bits per heavy atom. The predicted molar refractivity (Wildman–Crippen MR) is 304 cm³/mol. The summed E-state index contributed by atoms with van der Waals surface area (Å²) >= 11 is 0. The summed E-state index contributed by atoms with van der Waals surface area (Å²) in [4.78, 5) is 31.6. The van der Waals surface area contributed by atoms with Crippen LogP contribution in [0.4, 0.5) is 11.4 Å². The summed E-state index contributed by atoms with van der Waals surface area (Å²) in [6, 6.07) is 42.2. The Hall–Kier alpha value is -7.71. The number of ether oxygens (including phenoxy) is 8. The molecule has 0 aliphatic heterocycles. The van der Waals surface area contributed by atoms with Gasteiger partial charge in [-0.15, -0.1) is 0 Å². The lowest BCUT2D eigenvalue weighted by atomic mass is 9.96. The number of aliphatic imine (C=N–C) groups is 2. The highest BCUT2D eigenvalue weighted by atomic mass is 16.5. The van der Waals surface area contributed by atoms with Crippen molar-refractivity contribution in [1.29, 1.82) is 0 Å². The molecule has 0 saturated heterocycles. The Bertz CT molecular complexity index is 3200. The molecule has 76 heavy (non-hydrogen) atoms. The van der Waals surface area contributed by atoms with Crippen molar-refractivity contribution < 1.29 is 42.7 Å². The zero-order chi connectivity index (χ0) is 52.6. The van der Waals surface area contributed by atoms with Crippen LogP contribution in [0.5, 0.6) is 23.0 Å². The summed E-state index contributed by atoms with van der Waals surface area (Å²) < 4.78 is 45.3. The number of hydrogen-bond acceptors (Lipinski definition) is 13. The van der Waals surface area contributed by atoms with Crippen molar-refractivity contribution in [3.8, 4) is 23.0 Å². The Morgan fingerprint density at radius 2 is 1.04 bits per heavy atom. The van der Waals surface area contributed by atoms with Crippen LogP contribution in [-0.4, -0.2) is 94.9 Å². The van der Waals surface area contributed by atoms with Crippen molar-refractivity contribution >= 4 is 73.4 Å². The summed E-state index contributed by atoms with van der Waals surface area (Å²) in [6.07, 6.45) is 13.0. The number of fused-ring (bicyclic) bond motifs is 7. The molecule has 8 rings (SSSR count). The third kappa shape index (κ3) is 16.4. The van der Waals surface area contributed by atoms with Gasteiger partial charge in [-0.1, -0.05) is 49.4 Å². The number of esters is 1. The molecule has 0 saturated carbocycles. The third-order valence-electron chi connectivity index (χ3n) is 12.5. The normalized spacial score (nSPS) is 11.6. The number of unbranched alkanes of at least 4 members (excludes halogenated alkanes) is 6. The second kappa shape index (κ2) is 29.4. The molecule has 0 fully saturated rings. The third-order valence-corrected chi connectivity index (χ3v) is 12.5. The van der Waals surface area contributed by atoms with Gasteiger partial charge in [-0.25, -0.2) is 14.8 Å². The summed E-state index contributed by atoms with van der Waals surface area (Å²) in [5, 5.41) is 4.06. The molecule has 0 amide bonds. The molecule has 1 aromatic heterocycles. The van der Waals surface area contributed by atoms with E-state index >= 15 is 0 Å². The van der Waals surface area contributed by atoms with Gasteiger partial charge in [0.1, 0.15) is 36.2 Å². The average Bonchev–Trinajstić information content (AvgIpc) is 3.48. The van der Waals surface area contributed by atoms with Gasteiger partial charge in [0.05, 0.1) is 73.1 Å². The molecule has 0 bridgehead atoms. The fourth-order valence-corrected chi connectivity index (χ4v) is 8.54. The Morgan fingerprint density at radius 1 is 0.500 bits per heavy atom. The number of aromatic nitrogens is 2. The van der Waals surface area contributed by atoms with Crippen LogP contribution in [0.1, 0.15) is 75.0 Å². The Kier molecular flexibility index (Phi) is 21.1. The number of methoxy groups -OCH3 is 1. The molecule has 7 aromatic carbocycles. The Labute approximate surface area is 445 Å². The molecule has 13 heteroatoms. The lowest BCUT2D eigenvalue weighted by Crippen LogP contribution is -2.10. The van der Waals surface area contributed by atoms with Crippen molar-refractivity contribution in [3.63, 3.8) is 0 Å². The van der Waals surface area contributed by atoms with Gasteiger partial charge in [0, 0.05) is 55.7 Å². The average molecular weight is 1030 g/mol. The monoisotopic (exact) mass is 1020 g/mol. The van der Waals surface area contributed by atoms with E-state index in [1.165, 1.54) is 6.08 Å². The minimum Gasteiger partial charge on any atom is -0.494 e. The molecule has 13 nitrogen and oxygen atoms in total. The van der Waals surface area contributed by atoms with Gasteiger partial charge in [-0.05, 0) is 164 Å². The van der Waals surface area contributed by atoms with E-state index < -0.39 is 0 Å². The topological polar surface area (TPSA) is 141 Å². The van der Waals surface area contributed by atoms with Crippen LogP contribution in [-0.2, 0) is 30.3 Å². The van der Waals surface area contributed by atoms with Crippen molar-refractivity contribution in [2.45, 2.75) is 64.9 Å². The zero-order valence-electron chi connectivity index (χ0n) is 43.8. The van der Waals surface area contributed by atoms with E-state index in [-0.39, 0.29) is 5.97 Å². The number of carbonyl (C=O) groups is 1. The van der Waals surface area contributed by atoms with Crippen molar-refractivity contribution in [2.24, 2.45) is 9.98 Å². The van der Waals surface area contributed by atoms with Crippen LogP contribution in [0.3, 0.4) is 0 Å². The van der Waals surface area contributed by atoms with E-state index in [9.17, 15) is 4.79 Å². The van der Waals surface area contributed by atoms with E-state index in [1.54, 1.807) is 7.11 Å². The molecule has 0 atom stereocenters. The lowest BCUT2D eigenvalue weighted by molar-refractivity contribution is -0.137. The molecule has 394 valence electrons. The summed E-state index contributed by atoms with van der Waals surface area (Å²) in [7, 11) is 1.74. The molecule has 0 radical (unpaired) electrons. The summed E-state index contributed by atoms with van der Waals surface area (Å²) in [5.41, 5.74) is 7.58. The molecule has 0 N–H and O–H groups in total. The number of carbonyl (C=O) groups excluding carboxylic acids is 1. The smallest absolute Gasteiger partial charge is 0.330 e. The van der Waals surface area contributed by atoms with Crippen LogP contribution >= 0.6 is 0 Å². The SMILES string of the molecule is C=CC(=O)OCCCCCCOc1ccc(/N=C/c2ccc3c4ccc(/C=N/c5ccc(OCCCCCCOC)cc5)cc4c4nc5cc(COc6cccc(OCCOCCOCC)c6)ccc5nc4c3c2)cc1. The second-order valence-corrected chi connectivity index (χ2v) is 18.2. The predicted octanol–water partition coefficient (Wildman–Crippen LogP) is 13.9. The van der Waals surface area contributed by atoms with Crippen LogP contribution in [0, 0.1) is 0 Å². The highest BCUT2D eigenvalue weighted by Gasteiger charge is 2.15. The first kappa shape index (κ1) is 54.5. The maximum Gasteiger partial charge on any atom is 0.330 e. The quantitative estimate of drug-likeness (QED) is 0.00993. The molecule has 8 aromatic rings. The van der Waals surface area contributed by atoms with E-state index in [2.05, 4.69) is 43.0 Å². The zero-order valence-corrected chi connectivity index (χ0v) is 43.8. The van der Waals surface area contributed by atoms with Crippen LogP contribution < -0.4 is 18.9 Å². The second-order valence-electron chi connectivity index (χ2n) is 18.2. The van der Waals surface area contributed by atoms with Crippen LogP contribution in [0.25, 0.3) is 43.6 Å². The highest BCUT2D eigenvalue weighted by molar-refractivity contribution is 6.25. The number of nitrogens with zero attached hydrogens (tertiary/aromatic N) is 4. The van der Waals surface area contributed by atoms with E-state index in [0.717, 1.165) is 141 Å². The number of benzene rings is 7. The van der Waals surface area contributed by atoms with E-state index in [4.69, 9.17) is 57.8 Å². The van der Waals surface area contributed by atoms with E-state index in [0.29, 0.717) is 71.0 Å². The minimum absolute atomic E-state index is 0.332.